The van der Waals surface area contributed by atoms with Crippen molar-refractivity contribution < 1.29 is 45.2 Å². The fourth-order valence-electron chi connectivity index (χ4n) is 6.26. The van der Waals surface area contributed by atoms with Crippen LogP contribution in [0, 0.1) is 0 Å². The van der Waals surface area contributed by atoms with Gasteiger partial charge in [0, 0.05) is 38.2 Å². The molecule has 11 aromatic rings. The SMILES string of the molecule is [2H]c1c([2H])c([2H])c(-c2nc(-c3c([2H])c([2H])c(-c4c([2H])c([2H])c([2H])c([2H])c4[2H])c([2H])c3[2H])nc(-n3c4c([2H])c([2H])c([2H])c([2H])c4c4c5c6c([2H])c([2H])c([2H])c([2H])c6n(-c6c([2H])c([2H])c([2H])c([2H])c6-c6c([2H])c([2H])c([2H])c([2H])c6[2H])c5c([2H])c([2H])c43)n2)c([2H])c1[2H]. The summed E-state index contributed by atoms with van der Waals surface area (Å²) in [4.78, 5) is 13.2. The molecular weight excluding hydrogens is 683 g/mol. The Labute approximate surface area is 369 Å². The topological polar surface area (TPSA) is 48.5 Å². The summed E-state index contributed by atoms with van der Waals surface area (Å²) in [6.07, 6.45) is 0. The van der Waals surface area contributed by atoms with E-state index in [9.17, 15) is 16.4 Å². The smallest absolute Gasteiger partial charge is 0.238 e. The first-order valence-electron chi connectivity index (χ1n) is 32.7. The quantitative estimate of drug-likeness (QED) is 0.170. The first-order valence-corrected chi connectivity index (χ1v) is 16.2. The minimum absolute atomic E-state index is 0.625. The Morgan fingerprint density at radius 1 is 0.321 bits per heavy atom. The molecule has 0 N–H and O–H groups in total. The van der Waals surface area contributed by atoms with Crippen molar-refractivity contribution in [1.82, 2.24) is 24.1 Å². The number of aromatic nitrogens is 5. The highest BCUT2D eigenvalue weighted by atomic mass is 15.2. The number of fused-ring (bicyclic) bond motifs is 7. The van der Waals surface area contributed by atoms with Crippen LogP contribution in [0.25, 0.3) is 100 Å². The summed E-state index contributed by atoms with van der Waals surface area (Å²) >= 11 is 0. The van der Waals surface area contributed by atoms with Crippen molar-refractivity contribution in [2.45, 2.75) is 0 Å². The summed E-state index contributed by atoms with van der Waals surface area (Å²) in [7, 11) is 0. The summed E-state index contributed by atoms with van der Waals surface area (Å²) in [5.74, 6) is -2.95. The Morgan fingerprint density at radius 3 is 1.38 bits per heavy atom. The number of nitrogens with zero attached hydrogens (tertiary/aromatic N) is 5. The van der Waals surface area contributed by atoms with Crippen molar-refractivity contribution in [2.75, 3.05) is 0 Å². The van der Waals surface area contributed by atoms with E-state index in [4.69, 9.17) is 28.8 Å². The van der Waals surface area contributed by atoms with Crippen molar-refractivity contribution in [1.29, 1.82) is 0 Å². The van der Waals surface area contributed by atoms with Gasteiger partial charge < -0.3 is 4.57 Å². The van der Waals surface area contributed by atoms with Gasteiger partial charge in [-0.25, -0.2) is 4.98 Å². The molecule has 8 aromatic carbocycles. The molecule has 0 saturated carbocycles. The molecule has 5 nitrogen and oxygen atoms in total. The molecule has 262 valence electrons. The third-order valence-corrected chi connectivity index (χ3v) is 8.54. The molecule has 3 aromatic heterocycles. The van der Waals surface area contributed by atoms with E-state index in [1.54, 1.807) is 0 Å². The molecular formula is C51H33N5. The Morgan fingerprint density at radius 2 is 0.750 bits per heavy atom. The molecule has 5 heteroatoms. The van der Waals surface area contributed by atoms with Crippen LogP contribution in [0.4, 0.5) is 0 Å². The Hall–Kier alpha value is -7.63. The lowest BCUT2D eigenvalue weighted by Gasteiger charge is -2.14. The average molecular weight is 749 g/mol. The van der Waals surface area contributed by atoms with Crippen molar-refractivity contribution in [3.8, 4) is 56.7 Å². The predicted molar refractivity (Wildman–Crippen MR) is 230 cm³/mol. The van der Waals surface area contributed by atoms with Crippen molar-refractivity contribution in [2.24, 2.45) is 0 Å². The maximum Gasteiger partial charge on any atom is 0.238 e. The highest BCUT2D eigenvalue weighted by Gasteiger charge is 2.23. The lowest BCUT2D eigenvalue weighted by atomic mass is 10.0. The molecule has 0 radical (unpaired) electrons. The first kappa shape index (κ1) is 13.0. The van der Waals surface area contributed by atoms with Gasteiger partial charge >= 0.3 is 0 Å². The van der Waals surface area contributed by atoms with Crippen molar-refractivity contribution in [3.05, 3.63) is 199 Å². The highest BCUT2D eigenvalue weighted by molar-refractivity contribution is 6.29. The molecule has 3 heterocycles. The molecule has 0 aliphatic heterocycles. The number of hydrogen-bond donors (Lipinski definition) is 0. The molecule has 11 rings (SSSR count). The Kier molecular flexibility index (Phi) is 3.03. The van der Waals surface area contributed by atoms with Gasteiger partial charge in [-0.1, -0.05) is 169 Å². The van der Waals surface area contributed by atoms with Crippen molar-refractivity contribution >= 4 is 43.6 Å². The lowest BCUT2D eigenvalue weighted by Crippen LogP contribution is -2.06. The summed E-state index contributed by atoms with van der Waals surface area (Å²) < 4.78 is 297. The maximum absolute atomic E-state index is 10.0. The van der Waals surface area contributed by atoms with Gasteiger partial charge in [-0.2, -0.15) is 9.97 Å². The van der Waals surface area contributed by atoms with Gasteiger partial charge in [-0.15, -0.1) is 0 Å². The number of benzene rings is 8. The minimum Gasteiger partial charge on any atom is -0.309 e. The van der Waals surface area contributed by atoms with Gasteiger partial charge in [-0.3, -0.25) is 4.57 Å². The first-order chi connectivity index (χ1) is 41.5. The van der Waals surface area contributed by atoms with Crippen LogP contribution in [0.15, 0.2) is 199 Å². The normalized spacial score (nSPS) is 19.8. The maximum atomic E-state index is 10.0. The molecule has 0 aliphatic rings. The molecule has 0 amide bonds. The molecule has 0 bridgehead atoms. The Bertz CT molecular complexity index is 5070. The van der Waals surface area contributed by atoms with Gasteiger partial charge in [-0.05, 0) is 46.9 Å². The van der Waals surface area contributed by atoms with Gasteiger partial charge in [0.1, 0.15) is 0 Å². The van der Waals surface area contributed by atoms with E-state index >= 15 is 0 Å². The predicted octanol–water partition coefficient (Wildman–Crippen LogP) is 12.7. The van der Waals surface area contributed by atoms with Crippen LogP contribution in [-0.4, -0.2) is 24.1 Å². The summed E-state index contributed by atoms with van der Waals surface area (Å²) in [5, 5.41) is -2.59. The van der Waals surface area contributed by atoms with E-state index in [0.29, 0.717) is 9.13 Å². The zero-order valence-electron chi connectivity index (χ0n) is 60.7. The van der Waals surface area contributed by atoms with Gasteiger partial charge in [0.15, 0.2) is 11.6 Å². The van der Waals surface area contributed by atoms with Crippen LogP contribution < -0.4 is 0 Å². The molecule has 0 unspecified atom stereocenters. The third-order valence-electron chi connectivity index (χ3n) is 8.54. The summed E-state index contributed by atoms with van der Waals surface area (Å²) in [6, 6.07) is -33.1. The van der Waals surface area contributed by atoms with Crippen LogP contribution in [-0.2, 0) is 0 Å². The van der Waals surface area contributed by atoms with E-state index < -0.39 is 300 Å². The van der Waals surface area contributed by atoms with Gasteiger partial charge in [0.05, 0.1) is 73.0 Å². The summed E-state index contributed by atoms with van der Waals surface area (Å²) in [6.45, 7) is 0. The monoisotopic (exact) mass is 748 g/mol. The Balaban J connectivity index is 1.41. The molecule has 56 heavy (non-hydrogen) atoms. The fraction of sp³-hybridized carbons (Fsp3) is 0. The molecule has 0 atom stereocenters. The molecule has 0 saturated heterocycles. The minimum atomic E-state index is -1.10. The second kappa shape index (κ2) is 13.0. The molecule has 0 spiro atoms. The third kappa shape index (κ3) is 5.13. The largest absolute Gasteiger partial charge is 0.309 e. The molecule has 0 fully saturated rings. The van der Waals surface area contributed by atoms with E-state index in [2.05, 4.69) is 15.0 Å². The average Bonchev–Trinajstić information content (AvgIpc) is 1.56. The second-order valence-electron chi connectivity index (χ2n) is 11.6. The molecule has 0 aliphatic carbocycles. The van der Waals surface area contributed by atoms with E-state index in [1.807, 2.05) is 0 Å². The number of hydrogen-bond acceptors (Lipinski definition) is 3. The zero-order valence-corrected chi connectivity index (χ0v) is 27.7. The standard InChI is InChI=1S/C51H33N5/c1-4-16-34(17-5-1)35-28-30-38(31-29-35)50-52-49(37-20-8-3-9-21-37)53-51(54-50)56-44-27-15-12-24-41(44)48-46(56)33-32-45-47(48)40-23-11-14-26-43(40)55(45)42-25-13-10-22-39(42)36-18-6-2-7-19-36/h1-33H/i1D,2D,3D,4D,5D,6D,7D,8D,9D,10D,11D,12D,13D,14D,15D,16D,17D,18D,19D,20D,21D,22D,23D,24D,25D,26D,27D,28D,29D,30D,31D,32D,33D. The van der Waals surface area contributed by atoms with Gasteiger partial charge in [0.2, 0.25) is 5.95 Å². The highest BCUT2D eigenvalue weighted by Crippen LogP contribution is 2.43. The van der Waals surface area contributed by atoms with Crippen LogP contribution in [0.1, 0.15) is 45.2 Å². The van der Waals surface area contributed by atoms with Crippen molar-refractivity contribution in [3.63, 3.8) is 0 Å². The van der Waals surface area contributed by atoms with E-state index in [0.717, 1.165) is 0 Å². The zero-order chi connectivity index (χ0) is 65.7. The van der Waals surface area contributed by atoms with Crippen LogP contribution in [0.3, 0.4) is 0 Å². The van der Waals surface area contributed by atoms with Crippen LogP contribution in [0.5, 0.6) is 0 Å². The lowest BCUT2D eigenvalue weighted by molar-refractivity contribution is 0.953. The fourth-order valence-corrected chi connectivity index (χ4v) is 6.26. The van der Waals surface area contributed by atoms with E-state index in [1.165, 1.54) is 0 Å². The van der Waals surface area contributed by atoms with E-state index in [-0.39, 0.29) is 0 Å². The van der Waals surface area contributed by atoms with Crippen LogP contribution in [0.2, 0.25) is 0 Å². The number of rotatable bonds is 6. The number of para-hydroxylation sites is 3. The second-order valence-corrected chi connectivity index (χ2v) is 11.6. The summed E-state index contributed by atoms with van der Waals surface area (Å²) in [5.41, 5.74) is -9.01. The van der Waals surface area contributed by atoms with Crippen LogP contribution >= 0.6 is 0 Å². The van der Waals surface area contributed by atoms with Gasteiger partial charge in [0.25, 0.3) is 0 Å².